The van der Waals surface area contributed by atoms with Crippen molar-refractivity contribution in [1.82, 2.24) is 9.29 Å². The van der Waals surface area contributed by atoms with E-state index >= 15 is 0 Å². The van der Waals surface area contributed by atoms with Gasteiger partial charge >= 0.3 is 0 Å². The van der Waals surface area contributed by atoms with E-state index in [1.165, 1.54) is 4.31 Å². The average molecular weight is 508 g/mol. The van der Waals surface area contributed by atoms with E-state index in [4.69, 9.17) is 4.74 Å². The second-order valence-corrected chi connectivity index (χ2v) is 11.2. The molecule has 188 valence electrons. The van der Waals surface area contributed by atoms with Gasteiger partial charge in [0.05, 0.1) is 29.7 Å². The summed E-state index contributed by atoms with van der Waals surface area (Å²) in [6, 6.07) is 19.1. The summed E-state index contributed by atoms with van der Waals surface area (Å²) in [5, 5.41) is 12.5. The maximum Gasteiger partial charge on any atom is 0.243 e. The standard InChI is InChI=1S/C27H29N3O5S/c1-35-22-11-9-20(10-12-22)27(15-16-27)26(32)29-25-6-2-5-24(28-25)19-7-13-23(14-8-19)36(33,34)30-17-3-4-21(30)18-31/h2,5-14,21,31H,3-4,15-18H2,1H3,(H,28,29,32)/t21-/m1/s1. The number of anilines is 1. The van der Waals surface area contributed by atoms with Gasteiger partial charge in [-0.1, -0.05) is 30.3 Å². The van der Waals surface area contributed by atoms with Crippen LogP contribution in [0.4, 0.5) is 5.82 Å². The zero-order chi connectivity index (χ0) is 25.3. The van der Waals surface area contributed by atoms with E-state index in [0.717, 1.165) is 36.1 Å². The second kappa shape index (κ2) is 9.65. The number of methoxy groups -OCH3 is 1. The van der Waals surface area contributed by atoms with Gasteiger partial charge in [0.15, 0.2) is 0 Å². The molecule has 0 radical (unpaired) electrons. The molecular weight excluding hydrogens is 478 g/mol. The Bertz CT molecular complexity index is 1350. The number of carbonyl (C=O) groups excluding carboxylic acids is 1. The van der Waals surface area contributed by atoms with Crippen molar-refractivity contribution < 1.29 is 23.1 Å². The van der Waals surface area contributed by atoms with Gasteiger partial charge in [0.1, 0.15) is 11.6 Å². The van der Waals surface area contributed by atoms with E-state index in [0.29, 0.717) is 24.5 Å². The SMILES string of the molecule is COc1ccc(C2(C(=O)Nc3cccc(-c4ccc(S(=O)(=O)N5CCC[C@@H]5CO)cc4)n3)CC2)cc1. The summed E-state index contributed by atoms with van der Waals surface area (Å²) in [5.41, 5.74) is 1.76. The van der Waals surface area contributed by atoms with Gasteiger partial charge in [0.2, 0.25) is 15.9 Å². The van der Waals surface area contributed by atoms with Crippen molar-refractivity contribution in [3.8, 4) is 17.0 Å². The van der Waals surface area contributed by atoms with Crippen LogP contribution in [0, 0.1) is 0 Å². The molecule has 1 saturated carbocycles. The van der Waals surface area contributed by atoms with Gasteiger partial charge in [-0.3, -0.25) is 4.79 Å². The number of pyridine rings is 1. The van der Waals surface area contributed by atoms with Gasteiger partial charge in [-0.15, -0.1) is 0 Å². The number of amides is 1. The van der Waals surface area contributed by atoms with Crippen molar-refractivity contribution in [3.63, 3.8) is 0 Å². The third-order valence-electron chi connectivity index (χ3n) is 7.11. The van der Waals surface area contributed by atoms with Crippen molar-refractivity contribution in [2.24, 2.45) is 0 Å². The highest BCUT2D eigenvalue weighted by atomic mass is 32.2. The molecule has 2 N–H and O–H groups in total. The maximum absolute atomic E-state index is 13.2. The number of aromatic nitrogens is 1. The monoisotopic (exact) mass is 507 g/mol. The number of ether oxygens (including phenoxy) is 1. The Labute approximate surface area is 211 Å². The first-order valence-corrected chi connectivity index (χ1v) is 13.5. The zero-order valence-electron chi connectivity index (χ0n) is 20.1. The number of aliphatic hydroxyl groups is 1. The number of hydrogen-bond acceptors (Lipinski definition) is 6. The minimum absolute atomic E-state index is 0.0946. The number of aliphatic hydroxyl groups excluding tert-OH is 1. The Morgan fingerprint density at radius 2 is 1.83 bits per heavy atom. The fourth-order valence-corrected chi connectivity index (χ4v) is 6.51. The summed E-state index contributed by atoms with van der Waals surface area (Å²) in [7, 11) is -2.06. The predicted molar refractivity (Wildman–Crippen MR) is 136 cm³/mol. The molecule has 2 heterocycles. The molecule has 9 heteroatoms. The van der Waals surface area contributed by atoms with Crippen molar-refractivity contribution in [2.45, 2.75) is 42.0 Å². The highest BCUT2D eigenvalue weighted by Crippen LogP contribution is 2.49. The molecule has 1 aromatic heterocycles. The lowest BCUT2D eigenvalue weighted by molar-refractivity contribution is -0.118. The predicted octanol–water partition coefficient (Wildman–Crippen LogP) is 3.57. The molecule has 36 heavy (non-hydrogen) atoms. The van der Waals surface area contributed by atoms with Gasteiger partial charge in [-0.25, -0.2) is 13.4 Å². The quantitative estimate of drug-likeness (QED) is 0.483. The van der Waals surface area contributed by atoms with E-state index in [9.17, 15) is 18.3 Å². The maximum atomic E-state index is 13.2. The van der Waals surface area contributed by atoms with Crippen LogP contribution in [0.15, 0.2) is 71.6 Å². The van der Waals surface area contributed by atoms with Gasteiger partial charge in [-0.2, -0.15) is 4.31 Å². The molecular formula is C27H29N3O5S. The molecule has 1 saturated heterocycles. The second-order valence-electron chi connectivity index (χ2n) is 9.29. The van der Waals surface area contributed by atoms with Gasteiger partial charge in [-0.05, 0) is 67.6 Å². The number of sulfonamides is 1. The zero-order valence-corrected chi connectivity index (χ0v) is 20.9. The summed E-state index contributed by atoms with van der Waals surface area (Å²) < 4.78 is 32.6. The first kappa shape index (κ1) is 24.4. The van der Waals surface area contributed by atoms with Crippen molar-refractivity contribution >= 4 is 21.7 Å². The number of nitrogens with zero attached hydrogens (tertiary/aromatic N) is 2. The summed E-state index contributed by atoms with van der Waals surface area (Å²) in [5.74, 6) is 1.09. The molecule has 2 aliphatic rings. The van der Waals surface area contributed by atoms with Crippen LogP contribution in [-0.2, 0) is 20.2 Å². The molecule has 0 unspecified atom stereocenters. The fraction of sp³-hybridized carbons (Fsp3) is 0.333. The molecule has 1 amide bonds. The number of benzene rings is 2. The lowest BCUT2D eigenvalue weighted by Crippen LogP contribution is -2.37. The largest absolute Gasteiger partial charge is 0.497 e. The van der Waals surface area contributed by atoms with E-state index in [1.54, 1.807) is 37.4 Å². The summed E-state index contributed by atoms with van der Waals surface area (Å²) in [6.07, 6.45) is 2.95. The molecule has 1 aliphatic heterocycles. The Hall–Kier alpha value is -3.27. The van der Waals surface area contributed by atoms with Crippen molar-refractivity contribution in [1.29, 1.82) is 0 Å². The number of hydrogen-bond donors (Lipinski definition) is 2. The smallest absolute Gasteiger partial charge is 0.243 e. The van der Waals surface area contributed by atoms with Gasteiger partial charge < -0.3 is 15.2 Å². The lowest BCUT2D eigenvalue weighted by atomic mass is 9.95. The summed E-state index contributed by atoms with van der Waals surface area (Å²) in [6.45, 7) is 0.232. The van der Waals surface area contributed by atoms with Gasteiger partial charge in [0.25, 0.3) is 0 Å². The van der Waals surface area contributed by atoms with Crippen LogP contribution in [0.3, 0.4) is 0 Å². The molecule has 8 nitrogen and oxygen atoms in total. The lowest BCUT2D eigenvalue weighted by Gasteiger charge is -2.22. The molecule has 1 aliphatic carbocycles. The Morgan fingerprint density at radius 3 is 2.47 bits per heavy atom. The Kier molecular flexibility index (Phi) is 6.55. The average Bonchev–Trinajstić information content (AvgIpc) is 3.58. The topological polar surface area (TPSA) is 109 Å². The first-order chi connectivity index (χ1) is 17.4. The van der Waals surface area contributed by atoms with E-state index in [2.05, 4.69) is 10.3 Å². The molecule has 3 aromatic rings. The van der Waals surface area contributed by atoms with Crippen LogP contribution in [0.5, 0.6) is 5.75 Å². The Morgan fingerprint density at radius 1 is 1.11 bits per heavy atom. The molecule has 1 atom stereocenters. The van der Waals surface area contributed by atoms with Crippen LogP contribution < -0.4 is 10.1 Å². The van der Waals surface area contributed by atoms with Crippen LogP contribution >= 0.6 is 0 Å². The molecule has 0 bridgehead atoms. The highest BCUT2D eigenvalue weighted by molar-refractivity contribution is 7.89. The number of carbonyl (C=O) groups is 1. The first-order valence-electron chi connectivity index (χ1n) is 12.0. The third kappa shape index (κ3) is 4.50. The Balaban J connectivity index is 1.32. The van der Waals surface area contributed by atoms with Crippen LogP contribution in [0.25, 0.3) is 11.3 Å². The van der Waals surface area contributed by atoms with Gasteiger partial charge in [0, 0.05) is 18.2 Å². The third-order valence-corrected chi connectivity index (χ3v) is 9.07. The van der Waals surface area contributed by atoms with Crippen molar-refractivity contribution in [3.05, 3.63) is 72.3 Å². The van der Waals surface area contributed by atoms with E-state index in [1.807, 2.05) is 36.4 Å². The molecule has 2 fully saturated rings. The normalized spacial score (nSPS) is 19.1. The van der Waals surface area contributed by atoms with E-state index in [-0.39, 0.29) is 23.5 Å². The molecule has 2 aromatic carbocycles. The van der Waals surface area contributed by atoms with Crippen LogP contribution in [0.1, 0.15) is 31.2 Å². The fourth-order valence-electron chi connectivity index (χ4n) is 4.82. The highest BCUT2D eigenvalue weighted by Gasteiger charge is 2.51. The minimum atomic E-state index is -3.68. The van der Waals surface area contributed by atoms with Crippen LogP contribution in [0.2, 0.25) is 0 Å². The number of nitrogens with one attached hydrogen (secondary N) is 1. The van der Waals surface area contributed by atoms with Crippen molar-refractivity contribution in [2.75, 3.05) is 25.6 Å². The summed E-state index contributed by atoms with van der Waals surface area (Å²) >= 11 is 0. The van der Waals surface area contributed by atoms with Crippen LogP contribution in [-0.4, -0.2) is 55.0 Å². The molecule has 0 spiro atoms. The summed E-state index contributed by atoms with van der Waals surface area (Å²) in [4.78, 5) is 17.9. The minimum Gasteiger partial charge on any atom is -0.497 e. The number of rotatable bonds is 8. The molecule has 5 rings (SSSR count). The van der Waals surface area contributed by atoms with E-state index < -0.39 is 15.4 Å².